The monoisotopic (exact) mass is 380 g/mol. The lowest BCUT2D eigenvalue weighted by Crippen LogP contribution is -2.34. The molecule has 2 aliphatic rings. The fourth-order valence-electron chi connectivity index (χ4n) is 4.26. The number of hydrogen-bond donors (Lipinski definition) is 2. The molecule has 1 fully saturated rings. The molecule has 5 rings (SSSR count). The Balaban J connectivity index is 1.62. The number of pyridine rings is 1. The highest BCUT2D eigenvalue weighted by Crippen LogP contribution is 2.41. The van der Waals surface area contributed by atoms with E-state index >= 15 is 0 Å². The van der Waals surface area contributed by atoms with E-state index in [9.17, 15) is 4.79 Å². The average Bonchev–Trinajstić information content (AvgIpc) is 3.27. The van der Waals surface area contributed by atoms with E-state index in [0.717, 1.165) is 62.9 Å². The first-order chi connectivity index (χ1) is 13.1. The lowest BCUT2D eigenvalue weighted by Gasteiger charge is -2.18. The maximum absolute atomic E-state index is 12.5. The average molecular weight is 381 g/mol. The molecule has 1 saturated heterocycles. The van der Waals surface area contributed by atoms with Crippen molar-refractivity contribution in [3.63, 3.8) is 0 Å². The molecular weight excluding hydrogens is 356 g/mol. The van der Waals surface area contributed by atoms with E-state index in [1.807, 2.05) is 6.92 Å². The number of amides is 1. The van der Waals surface area contributed by atoms with Gasteiger partial charge < -0.3 is 15.5 Å². The van der Waals surface area contributed by atoms with Gasteiger partial charge in [0.15, 0.2) is 0 Å². The molecule has 5 nitrogen and oxygen atoms in total. The molecule has 2 aliphatic heterocycles. The second-order valence-electron chi connectivity index (χ2n) is 7.75. The number of carbonyl (C=O) groups is 1. The minimum atomic E-state index is 0.0177. The van der Waals surface area contributed by atoms with Gasteiger partial charge in [0.2, 0.25) is 0 Å². The molecule has 2 aromatic heterocycles. The molecule has 1 amide bonds. The first-order valence-electron chi connectivity index (χ1n) is 9.80. The third-order valence-corrected chi connectivity index (χ3v) is 7.02. The summed E-state index contributed by atoms with van der Waals surface area (Å²) in [6.45, 7) is 7.22. The standard InChI is InChI=1S/C21H24N4OS/c1-3-13-8-9-25(11-13)17-7-4-14-15(24-17)5-6-16-18(14)19-20(27-16)21(26)23-12(2)10-22-19/h4-7,12-13,22H,3,8-11H2,1-2H3,(H,23,26)/t12-,13?/m1/s1. The van der Waals surface area contributed by atoms with E-state index in [2.05, 4.69) is 46.7 Å². The topological polar surface area (TPSA) is 57.3 Å². The molecule has 1 aromatic carbocycles. The predicted molar refractivity (Wildman–Crippen MR) is 113 cm³/mol. The van der Waals surface area contributed by atoms with Crippen molar-refractivity contribution in [2.24, 2.45) is 5.92 Å². The molecule has 2 N–H and O–H groups in total. The zero-order valence-corrected chi connectivity index (χ0v) is 16.5. The van der Waals surface area contributed by atoms with Crippen LogP contribution in [-0.4, -0.2) is 36.6 Å². The van der Waals surface area contributed by atoms with E-state index in [4.69, 9.17) is 4.98 Å². The number of anilines is 2. The molecule has 27 heavy (non-hydrogen) atoms. The summed E-state index contributed by atoms with van der Waals surface area (Å²) in [5.41, 5.74) is 1.96. The summed E-state index contributed by atoms with van der Waals surface area (Å²) in [6, 6.07) is 8.63. The number of rotatable bonds is 2. The van der Waals surface area contributed by atoms with Crippen LogP contribution in [0.2, 0.25) is 0 Å². The molecule has 4 heterocycles. The van der Waals surface area contributed by atoms with Gasteiger partial charge in [0.25, 0.3) is 5.91 Å². The minimum absolute atomic E-state index is 0.0177. The highest BCUT2D eigenvalue weighted by Gasteiger charge is 2.26. The Morgan fingerprint density at radius 2 is 2.19 bits per heavy atom. The third kappa shape index (κ3) is 2.74. The molecule has 6 heteroatoms. The van der Waals surface area contributed by atoms with Gasteiger partial charge in [-0.3, -0.25) is 4.79 Å². The van der Waals surface area contributed by atoms with Crippen molar-refractivity contribution in [1.82, 2.24) is 10.3 Å². The summed E-state index contributed by atoms with van der Waals surface area (Å²) in [6.07, 6.45) is 2.49. The largest absolute Gasteiger partial charge is 0.381 e. The first kappa shape index (κ1) is 16.8. The SMILES string of the molecule is CCC1CCN(c2ccc3c(ccc4sc5c(c43)NC[C@@H](C)NC5=O)n2)C1. The number of benzene rings is 1. The maximum atomic E-state index is 12.5. The van der Waals surface area contributed by atoms with E-state index in [1.165, 1.54) is 12.8 Å². The summed E-state index contributed by atoms with van der Waals surface area (Å²) in [7, 11) is 0. The summed E-state index contributed by atoms with van der Waals surface area (Å²) < 4.78 is 1.13. The Morgan fingerprint density at radius 3 is 3.00 bits per heavy atom. The van der Waals surface area contributed by atoms with Gasteiger partial charge in [-0.1, -0.05) is 13.3 Å². The fourth-order valence-corrected chi connectivity index (χ4v) is 5.36. The van der Waals surface area contributed by atoms with Crippen LogP contribution in [0.5, 0.6) is 0 Å². The van der Waals surface area contributed by atoms with Crippen LogP contribution in [0.25, 0.3) is 21.0 Å². The third-order valence-electron chi connectivity index (χ3n) is 5.86. The normalized spacial score (nSPS) is 22.6. The van der Waals surface area contributed by atoms with Gasteiger partial charge >= 0.3 is 0 Å². The van der Waals surface area contributed by atoms with Gasteiger partial charge in [0.1, 0.15) is 10.7 Å². The highest BCUT2D eigenvalue weighted by atomic mass is 32.1. The van der Waals surface area contributed by atoms with Gasteiger partial charge in [-0.25, -0.2) is 4.98 Å². The van der Waals surface area contributed by atoms with Gasteiger partial charge in [0.05, 0.1) is 11.2 Å². The Hall–Kier alpha value is -2.34. The molecule has 0 saturated carbocycles. The Kier molecular flexibility index (Phi) is 3.97. The molecule has 3 aromatic rings. The highest BCUT2D eigenvalue weighted by molar-refractivity contribution is 7.21. The maximum Gasteiger partial charge on any atom is 0.263 e. The minimum Gasteiger partial charge on any atom is -0.381 e. The number of hydrogen-bond acceptors (Lipinski definition) is 5. The smallest absolute Gasteiger partial charge is 0.263 e. The number of aromatic nitrogens is 1. The molecule has 0 aliphatic carbocycles. The summed E-state index contributed by atoms with van der Waals surface area (Å²) in [5, 5.41) is 8.79. The summed E-state index contributed by atoms with van der Waals surface area (Å²) >= 11 is 1.56. The molecule has 0 radical (unpaired) electrons. The first-order valence-corrected chi connectivity index (χ1v) is 10.6. The summed E-state index contributed by atoms with van der Waals surface area (Å²) in [4.78, 5) is 20.7. The van der Waals surface area contributed by atoms with E-state index in [1.54, 1.807) is 11.3 Å². The molecule has 1 unspecified atom stereocenters. The van der Waals surface area contributed by atoms with E-state index in [0.29, 0.717) is 0 Å². The lowest BCUT2D eigenvalue weighted by molar-refractivity contribution is 0.0949. The molecule has 0 spiro atoms. The molecule has 2 atom stereocenters. The Bertz CT molecular complexity index is 1040. The zero-order chi connectivity index (χ0) is 18.5. The van der Waals surface area contributed by atoms with Crippen molar-refractivity contribution in [3.05, 3.63) is 29.1 Å². The Morgan fingerprint density at radius 1 is 1.30 bits per heavy atom. The van der Waals surface area contributed by atoms with Gasteiger partial charge in [-0.2, -0.15) is 0 Å². The lowest BCUT2D eigenvalue weighted by atomic mass is 10.1. The van der Waals surface area contributed by atoms with Crippen LogP contribution in [0.3, 0.4) is 0 Å². The van der Waals surface area contributed by atoms with Crippen LogP contribution in [0, 0.1) is 5.92 Å². The van der Waals surface area contributed by atoms with Crippen LogP contribution in [0.4, 0.5) is 11.5 Å². The van der Waals surface area contributed by atoms with Crippen LogP contribution in [0.15, 0.2) is 24.3 Å². The Labute approximate surface area is 162 Å². The van der Waals surface area contributed by atoms with Crippen LogP contribution in [-0.2, 0) is 0 Å². The predicted octanol–water partition coefficient (Wildman–Crippen LogP) is 4.23. The van der Waals surface area contributed by atoms with Crippen LogP contribution >= 0.6 is 11.3 Å². The van der Waals surface area contributed by atoms with E-state index < -0.39 is 0 Å². The van der Waals surface area contributed by atoms with Crippen molar-refractivity contribution in [2.45, 2.75) is 32.7 Å². The summed E-state index contributed by atoms with van der Waals surface area (Å²) in [5.74, 6) is 1.87. The number of fused-ring (bicyclic) bond motifs is 5. The van der Waals surface area contributed by atoms with Crippen molar-refractivity contribution in [2.75, 3.05) is 29.9 Å². The van der Waals surface area contributed by atoms with Crippen LogP contribution < -0.4 is 15.5 Å². The van der Waals surface area contributed by atoms with Crippen LogP contribution in [0.1, 0.15) is 36.4 Å². The number of thiophene rings is 1. The zero-order valence-electron chi connectivity index (χ0n) is 15.7. The molecular formula is C21H24N4OS. The number of nitrogens with one attached hydrogen (secondary N) is 2. The number of carbonyl (C=O) groups excluding carboxylic acids is 1. The molecule has 140 valence electrons. The van der Waals surface area contributed by atoms with Crippen molar-refractivity contribution >= 4 is 49.7 Å². The van der Waals surface area contributed by atoms with E-state index in [-0.39, 0.29) is 11.9 Å². The van der Waals surface area contributed by atoms with Gasteiger partial charge in [-0.05, 0) is 43.5 Å². The van der Waals surface area contributed by atoms with Gasteiger partial charge in [0, 0.05) is 41.1 Å². The fraction of sp³-hybridized carbons (Fsp3) is 0.429. The number of nitrogens with zero attached hydrogens (tertiary/aromatic N) is 2. The molecule has 0 bridgehead atoms. The van der Waals surface area contributed by atoms with Crippen molar-refractivity contribution in [1.29, 1.82) is 0 Å². The quantitative estimate of drug-likeness (QED) is 0.699. The second kappa shape index (κ2) is 6.37. The van der Waals surface area contributed by atoms with Crippen molar-refractivity contribution in [3.8, 4) is 0 Å². The second-order valence-corrected chi connectivity index (χ2v) is 8.80. The van der Waals surface area contributed by atoms with Gasteiger partial charge in [-0.15, -0.1) is 11.3 Å². The van der Waals surface area contributed by atoms with Crippen molar-refractivity contribution < 1.29 is 4.79 Å².